The van der Waals surface area contributed by atoms with E-state index in [1.807, 2.05) is 6.92 Å². The van der Waals surface area contributed by atoms with Crippen molar-refractivity contribution in [2.24, 2.45) is 0 Å². The Morgan fingerprint density at radius 2 is 2.18 bits per heavy atom. The van der Waals surface area contributed by atoms with Crippen molar-refractivity contribution in [1.82, 2.24) is 19.7 Å². The molecule has 2 N–H and O–H groups in total. The number of aromatic amines is 1. The number of thiazole rings is 1. The molecule has 0 atom stereocenters. The minimum atomic E-state index is -3.52. The van der Waals surface area contributed by atoms with E-state index in [1.54, 1.807) is 12.4 Å². The van der Waals surface area contributed by atoms with E-state index in [2.05, 4.69) is 19.7 Å². The number of H-pyrrole nitrogens is 1. The van der Waals surface area contributed by atoms with Gasteiger partial charge in [0.1, 0.15) is 5.82 Å². The summed E-state index contributed by atoms with van der Waals surface area (Å²) in [6.45, 7) is 3.80. The summed E-state index contributed by atoms with van der Waals surface area (Å²) < 4.78 is 26.2. The van der Waals surface area contributed by atoms with Crippen molar-refractivity contribution >= 4 is 21.4 Å². The third-order valence-electron chi connectivity index (χ3n) is 2.24. The molecule has 0 bridgehead atoms. The lowest BCUT2D eigenvalue weighted by atomic mass is 10.4. The van der Waals surface area contributed by atoms with Crippen LogP contribution in [0, 0.1) is 13.8 Å². The van der Waals surface area contributed by atoms with Crippen molar-refractivity contribution in [1.29, 1.82) is 0 Å². The highest BCUT2D eigenvalue weighted by atomic mass is 32.2. The number of nitrogens with zero attached hydrogens (tertiary/aromatic N) is 2. The van der Waals surface area contributed by atoms with E-state index in [4.69, 9.17) is 0 Å². The minimum absolute atomic E-state index is 0.0807. The third kappa shape index (κ3) is 2.71. The van der Waals surface area contributed by atoms with Gasteiger partial charge in [-0.2, -0.15) is 0 Å². The van der Waals surface area contributed by atoms with E-state index in [9.17, 15) is 8.42 Å². The second kappa shape index (κ2) is 4.55. The fourth-order valence-electron chi connectivity index (χ4n) is 1.27. The van der Waals surface area contributed by atoms with E-state index in [1.165, 1.54) is 17.5 Å². The monoisotopic (exact) mass is 272 g/mol. The molecule has 0 saturated carbocycles. The first-order chi connectivity index (χ1) is 7.99. The predicted molar refractivity (Wildman–Crippen MR) is 64.2 cm³/mol. The molecule has 0 spiro atoms. The minimum Gasteiger partial charge on any atom is -0.332 e. The first-order valence-electron chi connectivity index (χ1n) is 4.89. The summed E-state index contributed by atoms with van der Waals surface area (Å²) in [4.78, 5) is 11.5. The van der Waals surface area contributed by atoms with Crippen molar-refractivity contribution < 1.29 is 8.42 Å². The number of sulfonamides is 1. The average molecular weight is 272 g/mol. The molecular formula is C9H12N4O2S2. The lowest BCUT2D eigenvalue weighted by molar-refractivity contribution is 0.578. The fraction of sp³-hybridized carbons (Fsp3) is 0.333. The number of aromatic nitrogens is 3. The van der Waals surface area contributed by atoms with Crippen LogP contribution in [0.15, 0.2) is 16.7 Å². The molecule has 0 unspecified atom stereocenters. The average Bonchev–Trinajstić information content (AvgIpc) is 2.85. The maximum Gasteiger partial charge on any atom is 0.257 e. The summed E-state index contributed by atoms with van der Waals surface area (Å²) in [6, 6.07) is 0. The first kappa shape index (κ1) is 12.2. The second-order valence-electron chi connectivity index (χ2n) is 3.52. The zero-order valence-corrected chi connectivity index (χ0v) is 11.0. The molecular weight excluding hydrogens is 260 g/mol. The highest BCUT2D eigenvalue weighted by Crippen LogP contribution is 2.13. The van der Waals surface area contributed by atoms with Gasteiger partial charge in [-0.15, -0.1) is 11.3 Å². The molecule has 6 nitrogen and oxygen atoms in total. The van der Waals surface area contributed by atoms with Crippen molar-refractivity contribution in [2.75, 3.05) is 0 Å². The molecule has 2 aromatic heterocycles. The predicted octanol–water partition coefficient (Wildman–Crippen LogP) is 0.962. The normalized spacial score (nSPS) is 11.9. The second-order valence-corrected chi connectivity index (χ2v) is 6.19. The zero-order valence-electron chi connectivity index (χ0n) is 9.39. The van der Waals surface area contributed by atoms with E-state index in [0.29, 0.717) is 5.82 Å². The van der Waals surface area contributed by atoms with Gasteiger partial charge in [0.05, 0.1) is 17.4 Å². The molecule has 2 aromatic rings. The molecule has 92 valence electrons. The van der Waals surface area contributed by atoms with Gasteiger partial charge in [-0.25, -0.2) is 23.1 Å². The number of rotatable bonds is 4. The summed E-state index contributed by atoms with van der Waals surface area (Å²) >= 11 is 1.43. The Hall–Kier alpha value is -1.25. The first-order valence-corrected chi connectivity index (χ1v) is 7.25. The Morgan fingerprint density at radius 3 is 2.71 bits per heavy atom. The highest BCUT2D eigenvalue weighted by Gasteiger charge is 2.16. The number of hydrogen-bond acceptors (Lipinski definition) is 5. The molecule has 2 heterocycles. The standard InChI is InChI=1S/C9H12N4O2S2/c1-6-8(16-5-11-6)3-12-17(14,15)9-4-10-7(2)13-9/h4-5,12H,3H2,1-2H3,(H,10,13). The smallest absolute Gasteiger partial charge is 0.257 e. The SMILES string of the molecule is Cc1ncc(S(=O)(=O)NCc2scnc2C)[nH]1. The van der Waals surface area contributed by atoms with Gasteiger partial charge in [0.2, 0.25) is 0 Å². The maximum absolute atomic E-state index is 11.9. The Balaban J connectivity index is 2.11. The van der Waals surface area contributed by atoms with Crippen LogP contribution >= 0.6 is 11.3 Å². The molecule has 0 fully saturated rings. The van der Waals surface area contributed by atoms with Gasteiger partial charge in [-0.05, 0) is 13.8 Å². The van der Waals surface area contributed by atoms with E-state index < -0.39 is 10.0 Å². The van der Waals surface area contributed by atoms with Crippen LogP contribution in [-0.4, -0.2) is 23.4 Å². The summed E-state index contributed by atoms with van der Waals surface area (Å²) in [5.41, 5.74) is 2.54. The van der Waals surface area contributed by atoms with Crippen LogP contribution in [0.5, 0.6) is 0 Å². The summed E-state index contributed by atoms with van der Waals surface area (Å²) in [5.74, 6) is 0.569. The summed E-state index contributed by atoms with van der Waals surface area (Å²) in [7, 11) is -3.52. The topological polar surface area (TPSA) is 87.7 Å². The van der Waals surface area contributed by atoms with Gasteiger partial charge in [-0.1, -0.05) is 0 Å². The van der Waals surface area contributed by atoms with E-state index in [-0.39, 0.29) is 11.6 Å². The highest BCUT2D eigenvalue weighted by molar-refractivity contribution is 7.89. The maximum atomic E-state index is 11.9. The molecule has 17 heavy (non-hydrogen) atoms. The molecule has 0 amide bonds. The van der Waals surface area contributed by atoms with Crippen LogP contribution in [0.2, 0.25) is 0 Å². The number of imidazole rings is 1. The quantitative estimate of drug-likeness (QED) is 0.867. The van der Waals surface area contributed by atoms with Crippen molar-refractivity contribution in [3.05, 3.63) is 28.1 Å². The van der Waals surface area contributed by atoms with Gasteiger partial charge >= 0.3 is 0 Å². The Bertz CT molecular complexity index is 614. The molecule has 0 aliphatic carbocycles. The van der Waals surface area contributed by atoms with Crippen molar-refractivity contribution in [3.63, 3.8) is 0 Å². The molecule has 0 aromatic carbocycles. The van der Waals surface area contributed by atoms with Crippen LogP contribution in [0.4, 0.5) is 0 Å². The Labute approximate surface area is 103 Å². The van der Waals surface area contributed by atoms with Gasteiger partial charge in [0.15, 0.2) is 5.03 Å². The largest absolute Gasteiger partial charge is 0.332 e. The lowest BCUT2D eigenvalue weighted by Crippen LogP contribution is -2.23. The molecule has 0 aliphatic heterocycles. The van der Waals surface area contributed by atoms with E-state index >= 15 is 0 Å². The molecule has 0 radical (unpaired) electrons. The van der Waals surface area contributed by atoms with Gasteiger partial charge in [0, 0.05) is 11.4 Å². The number of aryl methyl sites for hydroxylation is 2. The van der Waals surface area contributed by atoms with Crippen LogP contribution in [-0.2, 0) is 16.6 Å². The molecule has 0 saturated heterocycles. The van der Waals surface area contributed by atoms with Crippen molar-refractivity contribution in [3.8, 4) is 0 Å². The summed E-state index contributed by atoms with van der Waals surface area (Å²) in [5, 5.41) is 0.0807. The molecule has 8 heteroatoms. The van der Waals surface area contributed by atoms with Gasteiger partial charge in [-0.3, -0.25) is 0 Å². The Kier molecular flexibility index (Phi) is 3.27. The van der Waals surface area contributed by atoms with Gasteiger partial charge < -0.3 is 4.98 Å². The van der Waals surface area contributed by atoms with Crippen LogP contribution in [0.3, 0.4) is 0 Å². The summed E-state index contributed by atoms with van der Waals surface area (Å²) in [6.07, 6.45) is 1.30. The Morgan fingerprint density at radius 1 is 1.41 bits per heavy atom. The van der Waals surface area contributed by atoms with Crippen LogP contribution in [0.1, 0.15) is 16.4 Å². The van der Waals surface area contributed by atoms with E-state index in [0.717, 1.165) is 10.6 Å². The zero-order chi connectivity index (χ0) is 12.5. The lowest BCUT2D eigenvalue weighted by Gasteiger charge is -2.03. The van der Waals surface area contributed by atoms with Crippen LogP contribution in [0.25, 0.3) is 0 Å². The van der Waals surface area contributed by atoms with Crippen LogP contribution < -0.4 is 4.72 Å². The molecule has 2 rings (SSSR count). The third-order valence-corrected chi connectivity index (χ3v) is 4.48. The van der Waals surface area contributed by atoms with Crippen molar-refractivity contribution in [2.45, 2.75) is 25.4 Å². The number of nitrogens with one attached hydrogen (secondary N) is 2. The van der Waals surface area contributed by atoms with Gasteiger partial charge in [0.25, 0.3) is 10.0 Å². The fourth-order valence-corrected chi connectivity index (χ4v) is 3.04. The molecule has 0 aliphatic rings. The number of hydrogen-bond donors (Lipinski definition) is 2.